The number of anilines is 1. The third-order valence-electron chi connectivity index (χ3n) is 4.00. The van der Waals surface area contributed by atoms with E-state index in [-0.39, 0.29) is 0 Å². The average molecular weight is 351 g/mol. The van der Waals surface area contributed by atoms with Crippen molar-refractivity contribution >= 4 is 23.0 Å². The molecule has 0 aromatic carbocycles. The highest BCUT2D eigenvalue weighted by atomic mass is 16.6. The van der Waals surface area contributed by atoms with Gasteiger partial charge < -0.3 is 10.5 Å². The number of nitrogens with zero attached hydrogens (tertiary/aromatic N) is 4. The number of esters is 1. The van der Waals surface area contributed by atoms with Crippen LogP contribution in [0.4, 0.5) is 5.82 Å². The van der Waals surface area contributed by atoms with Crippen molar-refractivity contribution in [2.24, 2.45) is 0 Å². The minimum atomic E-state index is -0.627. The molecule has 26 heavy (non-hydrogen) atoms. The molecule has 7 nitrogen and oxygen atoms in total. The summed E-state index contributed by atoms with van der Waals surface area (Å²) < 4.78 is 7.33. The van der Waals surface area contributed by atoms with E-state index in [0.717, 1.165) is 16.8 Å². The smallest absolute Gasteiger partial charge is 0.304 e. The Morgan fingerprint density at radius 2 is 2.19 bits per heavy atom. The number of aryl methyl sites for hydroxylation is 2. The van der Waals surface area contributed by atoms with Crippen LogP contribution in [0.1, 0.15) is 30.8 Å². The number of pyridine rings is 2. The standard InChI is InChI=1S/C19H21N5O2/c1-5-7-15(26-13(4)25)24-18(14-8-6-9-21-17(14)20)23-16-11(2)10-12(3)22-19(16)24/h5-6,8-10,15H,1,7H2,2-4H3,(H2,20,21). The van der Waals surface area contributed by atoms with Gasteiger partial charge >= 0.3 is 5.97 Å². The molecule has 0 saturated heterocycles. The molecule has 7 heteroatoms. The molecule has 0 bridgehead atoms. The Hall–Kier alpha value is -3.22. The van der Waals surface area contributed by atoms with Crippen molar-refractivity contribution in [1.82, 2.24) is 19.5 Å². The summed E-state index contributed by atoms with van der Waals surface area (Å²) in [6, 6.07) is 5.58. The van der Waals surface area contributed by atoms with Gasteiger partial charge in [-0.15, -0.1) is 6.58 Å². The maximum absolute atomic E-state index is 11.7. The van der Waals surface area contributed by atoms with Crippen molar-refractivity contribution in [2.45, 2.75) is 33.4 Å². The van der Waals surface area contributed by atoms with Crippen molar-refractivity contribution < 1.29 is 9.53 Å². The van der Waals surface area contributed by atoms with Crippen LogP contribution in [0.3, 0.4) is 0 Å². The molecule has 3 heterocycles. The third-order valence-corrected chi connectivity index (χ3v) is 4.00. The van der Waals surface area contributed by atoms with Gasteiger partial charge in [-0.3, -0.25) is 9.36 Å². The highest BCUT2D eigenvalue weighted by Crippen LogP contribution is 2.33. The summed E-state index contributed by atoms with van der Waals surface area (Å²) >= 11 is 0. The van der Waals surface area contributed by atoms with E-state index in [9.17, 15) is 4.79 Å². The number of carbonyl (C=O) groups is 1. The second kappa shape index (κ2) is 6.95. The molecule has 134 valence electrons. The molecule has 0 spiro atoms. The highest BCUT2D eigenvalue weighted by molar-refractivity contribution is 5.83. The molecule has 0 fully saturated rings. The average Bonchev–Trinajstić information content (AvgIpc) is 2.94. The van der Waals surface area contributed by atoms with E-state index in [0.29, 0.717) is 29.3 Å². The van der Waals surface area contributed by atoms with Gasteiger partial charge in [0.05, 0.1) is 5.56 Å². The van der Waals surface area contributed by atoms with Crippen LogP contribution >= 0.6 is 0 Å². The summed E-state index contributed by atoms with van der Waals surface area (Å²) in [5, 5.41) is 0. The first kappa shape index (κ1) is 17.6. The Balaban J connectivity index is 2.36. The summed E-state index contributed by atoms with van der Waals surface area (Å²) in [5.74, 6) is 0.506. The summed E-state index contributed by atoms with van der Waals surface area (Å²) in [6.07, 6.45) is 3.09. The van der Waals surface area contributed by atoms with Crippen LogP contribution in [0.2, 0.25) is 0 Å². The fourth-order valence-corrected chi connectivity index (χ4v) is 2.99. The van der Waals surface area contributed by atoms with Gasteiger partial charge in [0.1, 0.15) is 17.2 Å². The molecule has 2 N–H and O–H groups in total. The second-order valence-corrected chi connectivity index (χ2v) is 6.08. The van der Waals surface area contributed by atoms with Crippen LogP contribution in [-0.2, 0) is 9.53 Å². The zero-order chi connectivity index (χ0) is 18.8. The van der Waals surface area contributed by atoms with Crippen LogP contribution in [0.5, 0.6) is 0 Å². The predicted molar refractivity (Wildman–Crippen MR) is 100 cm³/mol. The molecule has 0 radical (unpaired) electrons. The van der Waals surface area contributed by atoms with Gasteiger partial charge in [-0.1, -0.05) is 6.08 Å². The molecule has 0 saturated carbocycles. The van der Waals surface area contributed by atoms with Crippen LogP contribution < -0.4 is 5.73 Å². The molecule has 0 amide bonds. The normalized spacial score (nSPS) is 12.1. The Labute approximate surface area is 151 Å². The maximum Gasteiger partial charge on any atom is 0.304 e. The number of fused-ring (bicyclic) bond motifs is 1. The first-order valence-corrected chi connectivity index (χ1v) is 8.27. The third kappa shape index (κ3) is 3.15. The Morgan fingerprint density at radius 1 is 1.42 bits per heavy atom. The summed E-state index contributed by atoms with van der Waals surface area (Å²) in [6.45, 7) is 9.03. The SMILES string of the molecule is C=CCC(OC(C)=O)n1c(-c2cccnc2N)nc2c(C)cc(C)nc21. The first-order valence-electron chi connectivity index (χ1n) is 8.27. The van der Waals surface area contributed by atoms with E-state index in [4.69, 9.17) is 15.5 Å². The van der Waals surface area contributed by atoms with Crippen molar-refractivity contribution in [3.8, 4) is 11.4 Å². The lowest BCUT2D eigenvalue weighted by molar-refractivity contribution is -0.150. The number of nitrogen functional groups attached to an aromatic ring is 1. The van der Waals surface area contributed by atoms with Crippen molar-refractivity contribution in [3.63, 3.8) is 0 Å². The van der Waals surface area contributed by atoms with Gasteiger partial charge in [0, 0.05) is 25.2 Å². The number of imidazole rings is 1. The quantitative estimate of drug-likeness (QED) is 0.559. The van der Waals surface area contributed by atoms with Crippen LogP contribution in [0.15, 0.2) is 37.1 Å². The second-order valence-electron chi connectivity index (χ2n) is 6.08. The van der Waals surface area contributed by atoms with Gasteiger partial charge in [0.25, 0.3) is 0 Å². The van der Waals surface area contributed by atoms with Crippen molar-refractivity contribution in [3.05, 3.63) is 48.3 Å². The van der Waals surface area contributed by atoms with Gasteiger partial charge in [0.15, 0.2) is 11.9 Å². The number of ether oxygens (including phenoxy) is 1. The Bertz CT molecular complexity index is 993. The van der Waals surface area contributed by atoms with Gasteiger partial charge in [0.2, 0.25) is 0 Å². The molecule has 1 unspecified atom stereocenters. The van der Waals surface area contributed by atoms with Crippen LogP contribution in [0, 0.1) is 13.8 Å². The number of aromatic nitrogens is 4. The molecular formula is C19H21N5O2. The molecular weight excluding hydrogens is 330 g/mol. The van der Waals surface area contributed by atoms with Crippen LogP contribution in [-0.4, -0.2) is 25.5 Å². The highest BCUT2D eigenvalue weighted by Gasteiger charge is 2.25. The molecule has 0 aliphatic heterocycles. The lowest BCUT2D eigenvalue weighted by Gasteiger charge is -2.20. The zero-order valence-electron chi connectivity index (χ0n) is 15.1. The first-order chi connectivity index (χ1) is 12.4. The maximum atomic E-state index is 11.7. The molecule has 0 aliphatic rings. The van der Waals surface area contributed by atoms with E-state index < -0.39 is 12.2 Å². The van der Waals surface area contributed by atoms with E-state index in [2.05, 4.69) is 16.5 Å². The molecule has 1 atom stereocenters. The topological polar surface area (TPSA) is 95.9 Å². The minimum Gasteiger partial charge on any atom is -0.441 e. The van der Waals surface area contributed by atoms with E-state index in [1.165, 1.54) is 6.92 Å². The molecule has 3 rings (SSSR count). The monoisotopic (exact) mass is 351 g/mol. The summed E-state index contributed by atoms with van der Waals surface area (Å²) in [7, 11) is 0. The Morgan fingerprint density at radius 3 is 2.85 bits per heavy atom. The van der Waals surface area contributed by atoms with Crippen molar-refractivity contribution in [2.75, 3.05) is 5.73 Å². The predicted octanol–water partition coefficient (Wildman–Crippen LogP) is 3.33. The van der Waals surface area contributed by atoms with Gasteiger partial charge in [-0.05, 0) is 37.6 Å². The van der Waals surface area contributed by atoms with Crippen molar-refractivity contribution in [1.29, 1.82) is 0 Å². The zero-order valence-corrected chi connectivity index (χ0v) is 15.1. The van der Waals surface area contributed by atoms with Gasteiger partial charge in [-0.2, -0.15) is 0 Å². The van der Waals surface area contributed by atoms with E-state index >= 15 is 0 Å². The number of nitrogens with two attached hydrogens (primary N) is 1. The molecule has 3 aromatic heterocycles. The number of rotatable bonds is 5. The number of carbonyl (C=O) groups excluding carboxylic acids is 1. The molecule has 3 aromatic rings. The summed E-state index contributed by atoms with van der Waals surface area (Å²) in [4.78, 5) is 25.2. The Kier molecular flexibility index (Phi) is 4.71. The fraction of sp³-hybridized carbons (Fsp3) is 0.263. The largest absolute Gasteiger partial charge is 0.441 e. The minimum absolute atomic E-state index is 0.346. The summed E-state index contributed by atoms with van der Waals surface area (Å²) in [5.41, 5.74) is 9.93. The number of hydrogen-bond donors (Lipinski definition) is 1. The lowest BCUT2D eigenvalue weighted by atomic mass is 10.2. The number of hydrogen-bond acceptors (Lipinski definition) is 6. The van der Waals surface area contributed by atoms with Crippen LogP contribution in [0.25, 0.3) is 22.6 Å². The van der Waals surface area contributed by atoms with E-state index in [1.54, 1.807) is 22.9 Å². The fourth-order valence-electron chi connectivity index (χ4n) is 2.99. The van der Waals surface area contributed by atoms with E-state index in [1.807, 2.05) is 26.0 Å². The lowest BCUT2D eigenvalue weighted by Crippen LogP contribution is -2.17. The van der Waals surface area contributed by atoms with Gasteiger partial charge in [-0.25, -0.2) is 15.0 Å². The molecule has 0 aliphatic carbocycles.